The number of Topliss-reactive ketones (excluding diaryl/α,β-unsaturated/α-hetero) is 1. The van der Waals surface area contributed by atoms with Gasteiger partial charge in [0, 0.05) is 23.9 Å². The fourth-order valence-corrected chi connectivity index (χ4v) is 1.42. The van der Waals surface area contributed by atoms with Crippen LogP contribution in [0.5, 0.6) is 0 Å². The van der Waals surface area contributed by atoms with Crippen molar-refractivity contribution in [2.24, 2.45) is 5.41 Å². The normalized spacial score (nSPS) is 11.2. The van der Waals surface area contributed by atoms with E-state index in [-0.39, 0.29) is 11.2 Å². The van der Waals surface area contributed by atoms with Crippen LogP contribution in [0.3, 0.4) is 0 Å². The first kappa shape index (κ1) is 13.0. The topological polar surface area (TPSA) is 42.0 Å². The highest BCUT2D eigenvalue weighted by Crippen LogP contribution is 2.24. The molecule has 1 aromatic heterocycles. The van der Waals surface area contributed by atoms with Crippen LogP contribution in [-0.2, 0) is 0 Å². The molecule has 0 bridgehead atoms. The summed E-state index contributed by atoms with van der Waals surface area (Å²) in [7, 11) is 0. The molecule has 0 unspecified atom stereocenters. The second-order valence-electron chi connectivity index (χ2n) is 4.63. The van der Waals surface area contributed by atoms with Crippen molar-refractivity contribution in [1.29, 1.82) is 0 Å². The van der Waals surface area contributed by atoms with Gasteiger partial charge in [-0.15, -0.1) is 0 Å². The maximum absolute atomic E-state index is 12.2. The van der Waals surface area contributed by atoms with Crippen LogP contribution in [0.25, 0.3) is 0 Å². The molecule has 0 aliphatic carbocycles. The van der Waals surface area contributed by atoms with Crippen LogP contribution in [-0.4, -0.2) is 23.1 Å². The second-order valence-corrected chi connectivity index (χ2v) is 5.08. The molecule has 0 radical (unpaired) electrons. The van der Waals surface area contributed by atoms with E-state index in [1.54, 1.807) is 18.3 Å². The molecular weight excluding hydrogens is 220 g/mol. The Morgan fingerprint density at radius 1 is 1.50 bits per heavy atom. The third-order valence-corrected chi connectivity index (χ3v) is 2.36. The van der Waals surface area contributed by atoms with E-state index in [2.05, 4.69) is 22.9 Å². The summed E-state index contributed by atoms with van der Waals surface area (Å²) in [6.45, 7) is 6.42. The minimum atomic E-state index is -0.388. The van der Waals surface area contributed by atoms with E-state index in [1.807, 2.05) is 20.8 Å². The number of hydrogen-bond acceptors (Lipinski definition) is 4. The Labute approximate surface area is 102 Å². The summed E-state index contributed by atoms with van der Waals surface area (Å²) < 4.78 is 0. The van der Waals surface area contributed by atoms with Crippen LogP contribution in [0.2, 0.25) is 0 Å². The first-order valence-electron chi connectivity index (χ1n) is 5.31. The standard InChI is InChI=1S/C12H18N2OS/c1-12(2,3)10(15)9-5-4-6-13-11(9)14-7-8-16/h4-6,16H,7-8H2,1-3H3,(H,13,14). The van der Waals surface area contributed by atoms with Gasteiger partial charge in [0.1, 0.15) is 5.82 Å². The highest BCUT2D eigenvalue weighted by Gasteiger charge is 2.25. The van der Waals surface area contributed by atoms with Crippen molar-refractivity contribution in [3.05, 3.63) is 23.9 Å². The summed E-state index contributed by atoms with van der Waals surface area (Å²) in [4.78, 5) is 16.3. The quantitative estimate of drug-likeness (QED) is 0.626. The average molecular weight is 238 g/mol. The zero-order chi connectivity index (χ0) is 12.2. The van der Waals surface area contributed by atoms with Crippen LogP contribution in [0.1, 0.15) is 31.1 Å². The molecule has 0 spiro atoms. The molecule has 1 heterocycles. The van der Waals surface area contributed by atoms with E-state index in [0.717, 1.165) is 0 Å². The molecule has 0 saturated heterocycles. The fourth-order valence-electron chi connectivity index (χ4n) is 1.31. The number of anilines is 1. The number of hydrogen-bond donors (Lipinski definition) is 2. The van der Waals surface area contributed by atoms with Gasteiger partial charge in [0.05, 0.1) is 5.56 Å². The summed E-state index contributed by atoms with van der Waals surface area (Å²) in [5.41, 5.74) is 0.261. The van der Waals surface area contributed by atoms with Crippen molar-refractivity contribution in [2.45, 2.75) is 20.8 Å². The summed E-state index contributed by atoms with van der Waals surface area (Å²) in [6.07, 6.45) is 1.68. The summed E-state index contributed by atoms with van der Waals surface area (Å²) >= 11 is 4.12. The van der Waals surface area contributed by atoms with E-state index in [1.165, 1.54) is 0 Å². The van der Waals surface area contributed by atoms with Crippen LogP contribution in [0.4, 0.5) is 5.82 Å². The maximum atomic E-state index is 12.2. The monoisotopic (exact) mass is 238 g/mol. The van der Waals surface area contributed by atoms with Gasteiger partial charge in [-0.1, -0.05) is 20.8 Å². The number of carbonyl (C=O) groups excluding carboxylic acids is 1. The van der Waals surface area contributed by atoms with Gasteiger partial charge in [-0.25, -0.2) is 4.98 Å². The number of thiol groups is 1. The third kappa shape index (κ3) is 3.23. The van der Waals surface area contributed by atoms with Crippen molar-refractivity contribution in [1.82, 2.24) is 4.98 Å². The molecule has 0 amide bonds. The van der Waals surface area contributed by atoms with Crippen molar-refractivity contribution < 1.29 is 4.79 Å². The summed E-state index contributed by atoms with van der Waals surface area (Å²) in [5.74, 6) is 1.46. The molecule has 1 aromatic rings. The van der Waals surface area contributed by atoms with E-state index >= 15 is 0 Å². The minimum absolute atomic E-state index is 0.0993. The number of nitrogens with one attached hydrogen (secondary N) is 1. The molecule has 0 aliphatic rings. The van der Waals surface area contributed by atoms with Crippen molar-refractivity contribution >= 4 is 24.2 Å². The van der Waals surface area contributed by atoms with Gasteiger partial charge in [0.25, 0.3) is 0 Å². The Morgan fingerprint density at radius 3 is 2.75 bits per heavy atom. The van der Waals surface area contributed by atoms with Gasteiger partial charge >= 0.3 is 0 Å². The molecule has 4 heteroatoms. The number of pyridine rings is 1. The van der Waals surface area contributed by atoms with Crippen molar-refractivity contribution in [3.8, 4) is 0 Å². The molecule has 88 valence electrons. The first-order valence-corrected chi connectivity index (χ1v) is 5.94. The summed E-state index contributed by atoms with van der Waals surface area (Å²) in [6, 6.07) is 3.59. The van der Waals surface area contributed by atoms with Gasteiger partial charge in [-0.05, 0) is 12.1 Å². The predicted molar refractivity (Wildman–Crippen MR) is 70.4 cm³/mol. The third-order valence-electron chi connectivity index (χ3n) is 2.14. The number of carbonyl (C=O) groups is 1. The van der Waals surface area contributed by atoms with Crippen LogP contribution in [0, 0.1) is 5.41 Å². The number of ketones is 1. The van der Waals surface area contributed by atoms with E-state index < -0.39 is 0 Å². The van der Waals surface area contributed by atoms with Crippen LogP contribution in [0.15, 0.2) is 18.3 Å². The minimum Gasteiger partial charge on any atom is -0.369 e. The molecule has 0 saturated carbocycles. The van der Waals surface area contributed by atoms with E-state index in [9.17, 15) is 4.79 Å². The second kappa shape index (κ2) is 5.34. The van der Waals surface area contributed by atoms with Crippen molar-refractivity contribution in [3.63, 3.8) is 0 Å². The predicted octanol–water partition coefficient (Wildman–Crippen LogP) is 2.65. The van der Waals surface area contributed by atoms with Gasteiger partial charge in [0.15, 0.2) is 5.78 Å². The Balaban J connectivity index is 2.99. The Bertz CT molecular complexity index is 372. The lowest BCUT2D eigenvalue weighted by Gasteiger charge is -2.18. The first-order chi connectivity index (χ1) is 7.46. The Hall–Kier alpha value is -1.03. The molecular formula is C12H18N2OS. The largest absolute Gasteiger partial charge is 0.369 e. The summed E-state index contributed by atoms with van der Waals surface area (Å²) in [5, 5.41) is 3.11. The highest BCUT2D eigenvalue weighted by atomic mass is 32.1. The zero-order valence-electron chi connectivity index (χ0n) is 9.95. The van der Waals surface area contributed by atoms with E-state index in [4.69, 9.17) is 0 Å². The fraction of sp³-hybridized carbons (Fsp3) is 0.500. The average Bonchev–Trinajstić information content (AvgIpc) is 2.24. The molecule has 1 rings (SSSR count). The van der Waals surface area contributed by atoms with Crippen LogP contribution >= 0.6 is 12.6 Å². The van der Waals surface area contributed by atoms with Gasteiger partial charge in [-0.2, -0.15) is 12.6 Å². The molecule has 0 aromatic carbocycles. The molecule has 0 aliphatic heterocycles. The van der Waals surface area contributed by atoms with Gasteiger partial charge < -0.3 is 5.32 Å². The molecule has 0 atom stereocenters. The molecule has 0 fully saturated rings. The highest BCUT2D eigenvalue weighted by molar-refractivity contribution is 7.80. The molecule has 16 heavy (non-hydrogen) atoms. The van der Waals surface area contributed by atoms with Gasteiger partial charge in [0.2, 0.25) is 0 Å². The zero-order valence-corrected chi connectivity index (χ0v) is 10.8. The lowest BCUT2D eigenvalue weighted by Crippen LogP contribution is -2.22. The Morgan fingerprint density at radius 2 is 2.19 bits per heavy atom. The SMILES string of the molecule is CC(C)(C)C(=O)c1cccnc1NCCS. The molecule has 3 nitrogen and oxygen atoms in total. The van der Waals surface area contributed by atoms with Crippen molar-refractivity contribution in [2.75, 3.05) is 17.6 Å². The number of aromatic nitrogens is 1. The lowest BCUT2D eigenvalue weighted by atomic mass is 9.87. The lowest BCUT2D eigenvalue weighted by molar-refractivity contribution is 0.0859. The smallest absolute Gasteiger partial charge is 0.171 e. The van der Waals surface area contributed by atoms with Crippen LogP contribution < -0.4 is 5.32 Å². The van der Waals surface area contributed by atoms with E-state index in [0.29, 0.717) is 23.7 Å². The molecule has 1 N–H and O–H groups in total. The number of nitrogens with zero attached hydrogens (tertiary/aromatic N) is 1. The maximum Gasteiger partial charge on any atom is 0.171 e. The Kier molecular flexibility index (Phi) is 4.35. The number of rotatable bonds is 4. The van der Waals surface area contributed by atoms with Gasteiger partial charge in [-0.3, -0.25) is 4.79 Å².